The molecular weight excluding hydrogens is 644 g/mol. The summed E-state index contributed by atoms with van der Waals surface area (Å²) >= 11 is 0. The minimum atomic E-state index is -1.06. The number of carbonyl (C=O) groups is 3. The van der Waals surface area contributed by atoms with Crippen LogP contribution >= 0.6 is 0 Å². The number of amides is 3. The van der Waals surface area contributed by atoms with E-state index in [1.807, 2.05) is 27.7 Å². The number of phenolic OH excluding ortho intramolecular Hbond substituents is 1. The molecule has 1 heterocycles. The van der Waals surface area contributed by atoms with Crippen molar-refractivity contribution in [1.29, 1.82) is 0 Å². The molecule has 0 spiro atoms. The maximum absolute atomic E-state index is 13.4. The summed E-state index contributed by atoms with van der Waals surface area (Å²) in [6.07, 6.45) is 0.252. The van der Waals surface area contributed by atoms with Gasteiger partial charge in [-0.05, 0) is 76.3 Å². The summed E-state index contributed by atoms with van der Waals surface area (Å²) in [5, 5.41) is 30.6. The molecule has 1 aliphatic heterocycles. The largest absolute Gasteiger partial charge is 0.508 e. The van der Waals surface area contributed by atoms with E-state index in [1.165, 1.54) is 18.2 Å². The highest BCUT2D eigenvalue weighted by atomic mass is 16.6. The van der Waals surface area contributed by atoms with Crippen molar-refractivity contribution >= 4 is 17.9 Å². The molecule has 1 aliphatic rings. The van der Waals surface area contributed by atoms with Gasteiger partial charge < -0.3 is 45.1 Å². The Kier molecular flexibility index (Phi) is 18.9. The molecule has 1 saturated heterocycles. The highest BCUT2D eigenvalue weighted by molar-refractivity contribution is 5.97. The molecule has 50 heavy (non-hydrogen) atoms. The van der Waals surface area contributed by atoms with E-state index >= 15 is 0 Å². The summed E-state index contributed by atoms with van der Waals surface area (Å²) in [7, 11) is 1.63. The fraction of sp³-hybridized carbons (Fsp3) is 0.757. The number of aliphatic hydroxyl groups is 1. The molecule has 0 bridgehead atoms. The van der Waals surface area contributed by atoms with E-state index < -0.39 is 29.8 Å². The number of methoxy groups -OCH3 is 1. The lowest BCUT2D eigenvalue weighted by molar-refractivity contribution is -0.127. The average molecular weight is 709 g/mol. The zero-order valence-electron chi connectivity index (χ0n) is 31.6. The second-order valence-electron chi connectivity index (χ2n) is 14.8. The second-order valence-corrected chi connectivity index (χ2v) is 14.8. The van der Waals surface area contributed by atoms with Gasteiger partial charge in [0, 0.05) is 58.4 Å². The number of carbonyl (C=O) groups excluding carboxylic acids is 3. The minimum absolute atomic E-state index is 0.0102. The number of phenols is 1. The molecule has 13 nitrogen and oxygen atoms in total. The zero-order chi connectivity index (χ0) is 37.3. The standard InChI is InChI=1S/C37H64N4O9/c1-25(2)27(24-39-34(44)29-12-11-28(42)22-33(29)49-18-10-9-17-47-8)21-31(40-36(46)50-37(5,6)7)32(43)23-30(26(3)4)35(45)38-13-14-41-15-19-48-20-16-41/h11-12,22,25-27,30-32,42-43H,9-10,13-21,23-24H2,1-8H3,(H,38,45)(H,39,44)(H,40,46). The molecule has 286 valence electrons. The van der Waals surface area contributed by atoms with Crippen LogP contribution in [0, 0.1) is 23.7 Å². The molecule has 1 aromatic carbocycles. The molecule has 1 aromatic rings. The Morgan fingerprint density at radius 3 is 2.28 bits per heavy atom. The number of alkyl carbamates (subject to hydrolysis) is 1. The van der Waals surface area contributed by atoms with Gasteiger partial charge in [-0.3, -0.25) is 14.5 Å². The third-order valence-corrected chi connectivity index (χ3v) is 8.87. The summed E-state index contributed by atoms with van der Waals surface area (Å²) in [6, 6.07) is 3.63. The number of aromatic hydroxyl groups is 1. The predicted octanol–water partition coefficient (Wildman–Crippen LogP) is 3.95. The summed E-state index contributed by atoms with van der Waals surface area (Å²) < 4.78 is 21.9. The second kappa shape index (κ2) is 21.9. The Morgan fingerprint density at radius 1 is 0.980 bits per heavy atom. The first kappa shape index (κ1) is 43.0. The van der Waals surface area contributed by atoms with E-state index in [-0.39, 0.29) is 54.0 Å². The van der Waals surface area contributed by atoms with Crippen LogP contribution in [0.5, 0.6) is 11.5 Å². The quantitative estimate of drug-likeness (QED) is 0.118. The third-order valence-electron chi connectivity index (χ3n) is 8.87. The highest BCUT2D eigenvalue weighted by Gasteiger charge is 2.33. The predicted molar refractivity (Wildman–Crippen MR) is 192 cm³/mol. The van der Waals surface area contributed by atoms with Crippen molar-refractivity contribution in [2.75, 3.05) is 66.3 Å². The summed E-state index contributed by atoms with van der Waals surface area (Å²) in [4.78, 5) is 42.0. The first-order chi connectivity index (χ1) is 23.6. The maximum Gasteiger partial charge on any atom is 0.407 e. The summed E-state index contributed by atoms with van der Waals surface area (Å²) in [6.45, 7) is 18.7. The summed E-state index contributed by atoms with van der Waals surface area (Å²) in [5.74, 6) is -0.882. The van der Waals surface area contributed by atoms with Gasteiger partial charge in [0.2, 0.25) is 5.91 Å². The van der Waals surface area contributed by atoms with Gasteiger partial charge in [-0.2, -0.15) is 0 Å². The van der Waals surface area contributed by atoms with E-state index in [0.29, 0.717) is 45.0 Å². The number of rotatable bonds is 21. The van der Waals surface area contributed by atoms with Crippen LogP contribution in [0.1, 0.15) is 84.5 Å². The normalized spacial score (nSPS) is 16.4. The number of unbranched alkanes of at least 4 members (excludes halogenated alkanes) is 1. The average Bonchev–Trinajstić information content (AvgIpc) is 3.04. The first-order valence-corrected chi connectivity index (χ1v) is 18.1. The van der Waals surface area contributed by atoms with Crippen molar-refractivity contribution in [2.24, 2.45) is 23.7 Å². The number of morpholine rings is 1. The number of benzene rings is 1. The third kappa shape index (κ3) is 16.3. The van der Waals surface area contributed by atoms with Gasteiger partial charge in [-0.15, -0.1) is 0 Å². The van der Waals surface area contributed by atoms with Crippen molar-refractivity contribution in [3.8, 4) is 11.5 Å². The molecule has 0 radical (unpaired) electrons. The van der Waals surface area contributed by atoms with Crippen LogP contribution in [0.2, 0.25) is 0 Å². The molecule has 1 fully saturated rings. The molecule has 4 unspecified atom stereocenters. The van der Waals surface area contributed by atoms with Crippen LogP contribution in [0.25, 0.3) is 0 Å². The van der Waals surface area contributed by atoms with Gasteiger partial charge in [0.15, 0.2) is 0 Å². The Morgan fingerprint density at radius 2 is 1.66 bits per heavy atom. The van der Waals surface area contributed by atoms with Gasteiger partial charge in [0.1, 0.15) is 17.1 Å². The number of nitrogens with zero attached hydrogens (tertiary/aromatic N) is 1. The fourth-order valence-electron chi connectivity index (χ4n) is 5.76. The Labute approximate surface area is 299 Å². The zero-order valence-corrected chi connectivity index (χ0v) is 31.6. The van der Waals surface area contributed by atoms with Crippen LogP contribution in [0.4, 0.5) is 4.79 Å². The first-order valence-electron chi connectivity index (χ1n) is 18.1. The van der Waals surface area contributed by atoms with Gasteiger partial charge >= 0.3 is 6.09 Å². The van der Waals surface area contributed by atoms with E-state index in [1.54, 1.807) is 27.9 Å². The van der Waals surface area contributed by atoms with Crippen molar-refractivity contribution in [3.63, 3.8) is 0 Å². The molecule has 0 aliphatic carbocycles. The Balaban J connectivity index is 2.15. The van der Waals surface area contributed by atoms with Gasteiger partial charge in [0.25, 0.3) is 5.91 Å². The number of nitrogens with one attached hydrogen (secondary N) is 3. The topological polar surface area (TPSA) is 168 Å². The number of hydrogen-bond acceptors (Lipinski definition) is 10. The molecule has 2 rings (SSSR count). The summed E-state index contributed by atoms with van der Waals surface area (Å²) in [5.41, 5.74) is -0.459. The van der Waals surface area contributed by atoms with E-state index in [9.17, 15) is 24.6 Å². The lowest BCUT2D eigenvalue weighted by Crippen LogP contribution is -2.49. The van der Waals surface area contributed by atoms with E-state index in [2.05, 4.69) is 20.9 Å². The monoisotopic (exact) mass is 708 g/mol. The van der Waals surface area contributed by atoms with E-state index in [4.69, 9.17) is 18.9 Å². The van der Waals surface area contributed by atoms with Crippen molar-refractivity contribution in [2.45, 2.75) is 91.9 Å². The van der Waals surface area contributed by atoms with E-state index in [0.717, 1.165) is 32.5 Å². The molecular formula is C37H64N4O9. The lowest BCUT2D eigenvalue weighted by Gasteiger charge is -2.33. The molecule has 0 aromatic heterocycles. The molecule has 0 saturated carbocycles. The Hall–Kier alpha value is -3.13. The Bertz CT molecular complexity index is 1170. The number of aliphatic hydroxyl groups excluding tert-OH is 1. The van der Waals surface area contributed by atoms with Crippen molar-refractivity contribution in [1.82, 2.24) is 20.9 Å². The van der Waals surface area contributed by atoms with Crippen LogP contribution in [-0.4, -0.2) is 117 Å². The highest BCUT2D eigenvalue weighted by Crippen LogP contribution is 2.27. The van der Waals surface area contributed by atoms with Gasteiger partial charge in [-0.1, -0.05) is 27.7 Å². The number of hydrogen-bond donors (Lipinski definition) is 5. The molecule has 13 heteroatoms. The van der Waals surface area contributed by atoms with Gasteiger partial charge in [-0.25, -0.2) is 4.79 Å². The van der Waals surface area contributed by atoms with Crippen LogP contribution in [-0.2, 0) is 19.0 Å². The van der Waals surface area contributed by atoms with Gasteiger partial charge in [0.05, 0.1) is 37.5 Å². The SMILES string of the molecule is COCCCCOc1cc(O)ccc1C(=O)NCC(CC(NC(=O)OC(C)(C)C)C(O)CC(C(=O)NCCN1CCOCC1)C(C)C)C(C)C. The van der Waals surface area contributed by atoms with Crippen LogP contribution in [0.3, 0.4) is 0 Å². The van der Waals surface area contributed by atoms with Crippen molar-refractivity contribution in [3.05, 3.63) is 23.8 Å². The smallest absolute Gasteiger partial charge is 0.407 e. The fourth-order valence-corrected chi connectivity index (χ4v) is 5.76. The maximum atomic E-state index is 13.4. The number of ether oxygens (including phenoxy) is 4. The lowest BCUT2D eigenvalue weighted by atomic mass is 9.82. The molecule has 4 atom stereocenters. The minimum Gasteiger partial charge on any atom is -0.508 e. The van der Waals surface area contributed by atoms with Crippen LogP contribution in [0.15, 0.2) is 18.2 Å². The van der Waals surface area contributed by atoms with Crippen LogP contribution < -0.4 is 20.7 Å². The molecule has 5 N–H and O–H groups in total. The molecule has 3 amide bonds. The van der Waals surface area contributed by atoms with Crippen molar-refractivity contribution < 1.29 is 43.5 Å².